The van der Waals surface area contributed by atoms with Crippen molar-refractivity contribution < 1.29 is 9.53 Å². The number of rotatable bonds is 9. The molecule has 4 heteroatoms. The third-order valence-electron chi connectivity index (χ3n) is 3.69. The number of aromatic nitrogens is 1. The Labute approximate surface area is 142 Å². The van der Waals surface area contributed by atoms with Crippen molar-refractivity contribution in [2.45, 2.75) is 32.1 Å². The van der Waals surface area contributed by atoms with Crippen LogP contribution in [0.4, 0.5) is 0 Å². The zero-order chi connectivity index (χ0) is 16.5. The van der Waals surface area contributed by atoms with Crippen LogP contribution in [0.15, 0.2) is 42.6 Å². The first kappa shape index (κ1) is 17.6. The van der Waals surface area contributed by atoms with Crippen molar-refractivity contribution in [1.82, 2.24) is 4.98 Å². The number of hydrogen-bond donors (Lipinski definition) is 0. The number of methoxy groups -OCH3 is 1. The SMILES string of the molecule is COCCCc1ccc(C(=O)CCCc2cccc(Cl)c2)cn1. The molecule has 3 nitrogen and oxygen atoms in total. The summed E-state index contributed by atoms with van der Waals surface area (Å²) in [5.41, 5.74) is 2.85. The number of ether oxygens (including phenoxy) is 1. The van der Waals surface area contributed by atoms with Gasteiger partial charge >= 0.3 is 0 Å². The maximum Gasteiger partial charge on any atom is 0.164 e. The van der Waals surface area contributed by atoms with Gasteiger partial charge in [-0.25, -0.2) is 0 Å². The van der Waals surface area contributed by atoms with Crippen molar-refractivity contribution in [2.24, 2.45) is 0 Å². The standard InChI is InChI=1S/C19H22ClNO2/c1-23-12-4-8-18-11-10-16(14-21-18)19(22)9-3-6-15-5-2-7-17(20)13-15/h2,5,7,10-11,13-14H,3-4,6,8-9,12H2,1H3. The van der Waals surface area contributed by atoms with Crippen LogP contribution in [0.1, 0.15) is 40.9 Å². The Bertz CT molecular complexity index is 626. The molecule has 0 amide bonds. The Morgan fingerprint density at radius 1 is 1.17 bits per heavy atom. The molecule has 0 fully saturated rings. The molecule has 2 rings (SSSR count). The van der Waals surface area contributed by atoms with E-state index < -0.39 is 0 Å². The molecule has 1 heterocycles. The Balaban J connectivity index is 1.79. The van der Waals surface area contributed by atoms with Crippen LogP contribution in [-0.4, -0.2) is 24.5 Å². The van der Waals surface area contributed by atoms with Crippen molar-refractivity contribution in [3.63, 3.8) is 0 Å². The van der Waals surface area contributed by atoms with E-state index in [1.54, 1.807) is 13.3 Å². The van der Waals surface area contributed by atoms with Crippen molar-refractivity contribution in [3.05, 3.63) is 64.4 Å². The van der Waals surface area contributed by atoms with Crippen LogP contribution in [0.5, 0.6) is 0 Å². The monoisotopic (exact) mass is 331 g/mol. The highest BCUT2D eigenvalue weighted by molar-refractivity contribution is 6.30. The second kappa shape index (κ2) is 9.43. The lowest BCUT2D eigenvalue weighted by atomic mass is 10.0. The number of ketones is 1. The Hall–Kier alpha value is -1.71. The van der Waals surface area contributed by atoms with E-state index >= 15 is 0 Å². The van der Waals surface area contributed by atoms with Gasteiger partial charge in [-0.3, -0.25) is 9.78 Å². The molecule has 0 bridgehead atoms. The highest BCUT2D eigenvalue weighted by atomic mass is 35.5. The molecular weight excluding hydrogens is 310 g/mol. The highest BCUT2D eigenvalue weighted by Crippen LogP contribution is 2.14. The Morgan fingerprint density at radius 2 is 2.04 bits per heavy atom. The van der Waals surface area contributed by atoms with Crippen molar-refractivity contribution in [2.75, 3.05) is 13.7 Å². The number of carbonyl (C=O) groups excluding carboxylic acids is 1. The quantitative estimate of drug-likeness (QED) is 0.501. The van der Waals surface area contributed by atoms with Crippen molar-refractivity contribution in [3.8, 4) is 0 Å². The van der Waals surface area contributed by atoms with Crippen molar-refractivity contribution in [1.29, 1.82) is 0 Å². The van der Waals surface area contributed by atoms with E-state index in [2.05, 4.69) is 4.98 Å². The zero-order valence-electron chi connectivity index (χ0n) is 13.4. The molecule has 0 aliphatic heterocycles. The molecule has 0 radical (unpaired) electrons. The number of benzene rings is 1. The first-order valence-electron chi connectivity index (χ1n) is 7.90. The van der Waals surface area contributed by atoms with Crippen LogP contribution in [0.3, 0.4) is 0 Å². The number of halogens is 1. The predicted molar refractivity (Wildman–Crippen MR) is 93.2 cm³/mol. The van der Waals surface area contributed by atoms with E-state index in [-0.39, 0.29) is 5.78 Å². The summed E-state index contributed by atoms with van der Waals surface area (Å²) in [6.07, 6.45) is 5.69. The molecule has 0 aliphatic rings. The van der Waals surface area contributed by atoms with Gasteiger partial charge in [0.1, 0.15) is 0 Å². The van der Waals surface area contributed by atoms with Gasteiger partial charge in [0.2, 0.25) is 0 Å². The van der Waals surface area contributed by atoms with Gasteiger partial charge in [0.15, 0.2) is 5.78 Å². The van der Waals surface area contributed by atoms with E-state index in [1.165, 1.54) is 0 Å². The molecular formula is C19H22ClNO2. The minimum absolute atomic E-state index is 0.142. The number of aryl methyl sites for hydroxylation is 2. The van der Waals surface area contributed by atoms with Gasteiger partial charge < -0.3 is 4.74 Å². The summed E-state index contributed by atoms with van der Waals surface area (Å²) in [6.45, 7) is 0.728. The third kappa shape index (κ3) is 6.12. The van der Waals surface area contributed by atoms with E-state index in [0.717, 1.165) is 48.6 Å². The molecule has 0 unspecified atom stereocenters. The predicted octanol–water partition coefficient (Wildman–Crippen LogP) is 4.52. The van der Waals surface area contributed by atoms with E-state index in [0.29, 0.717) is 12.0 Å². The summed E-state index contributed by atoms with van der Waals surface area (Å²) in [4.78, 5) is 16.5. The molecule has 0 atom stereocenters. The Kier molecular flexibility index (Phi) is 7.24. The minimum atomic E-state index is 0.142. The summed E-state index contributed by atoms with van der Waals surface area (Å²) < 4.78 is 5.02. The fourth-order valence-corrected chi connectivity index (χ4v) is 2.64. The fourth-order valence-electron chi connectivity index (χ4n) is 2.42. The van der Waals surface area contributed by atoms with Crippen LogP contribution >= 0.6 is 11.6 Å². The largest absolute Gasteiger partial charge is 0.385 e. The topological polar surface area (TPSA) is 39.2 Å². The smallest absolute Gasteiger partial charge is 0.164 e. The summed E-state index contributed by atoms with van der Waals surface area (Å²) in [6, 6.07) is 11.6. The molecule has 1 aromatic heterocycles. The number of pyridine rings is 1. The number of Topliss-reactive ketones (excluding diaryl/α,β-unsaturated/α-hetero) is 1. The van der Waals surface area contributed by atoms with Crippen LogP contribution in [0.2, 0.25) is 5.02 Å². The number of nitrogens with zero attached hydrogens (tertiary/aromatic N) is 1. The van der Waals surface area contributed by atoms with Gasteiger partial charge in [-0.05, 0) is 55.5 Å². The van der Waals surface area contributed by atoms with Crippen LogP contribution in [0, 0.1) is 0 Å². The molecule has 0 saturated heterocycles. The lowest BCUT2D eigenvalue weighted by Crippen LogP contribution is -2.02. The lowest BCUT2D eigenvalue weighted by molar-refractivity contribution is 0.0980. The first-order chi connectivity index (χ1) is 11.2. The highest BCUT2D eigenvalue weighted by Gasteiger charge is 2.07. The maximum absolute atomic E-state index is 12.2. The van der Waals surface area contributed by atoms with Gasteiger partial charge in [-0.15, -0.1) is 0 Å². The first-order valence-corrected chi connectivity index (χ1v) is 8.28. The van der Waals surface area contributed by atoms with Crippen LogP contribution in [-0.2, 0) is 17.6 Å². The minimum Gasteiger partial charge on any atom is -0.385 e. The molecule has 122 valence electrons. The average Bonchev–Trinajstić information content (AvgIpc) is 2.56. The second-order valence-corrected chi connectivity index (χ2v) is 5.98. The molecule has 0 spiro atoms. The third-order valence-corrected chi connectivity index (χ3v) is 3.92. The summed E-state index contributed by atoms with van der Waals surface area (Å²) in [5.74, 6) is 0.142. The fraction of sp³-hybridized carbons (Fsp3) is 0.368. The normalized spacial score (nSPS) is 10.7. The van der Waals surface area contributed by atoms with Gasteiger partial charge in [-0.2, -0.15) is 0 Å². The molecule has 0 N–H and O–H groups in total. The van der Waals surface area contributed by atoms with E-state index in [9.17, 15) is 4.79 Å². The molecule has 0 aliphatic carbocycles. The summed E-state index contributed by atoms with van der Waals surface area (Å²) in [5, 5.41) is 0.738. The van der Waals surface area contributed by atoms with Gasteiger partial charge in [0.05, 0.1) is 0 Å². The van der Waals surface area contributed by atoms with Crippen molar-refractivity contribution >= 4 is 17.4 Å². The summed E-state index contributed by atoms with van der Waals surface area (Å²) in [7, 11) is 1.69. The molecule has 23 heavy (non-hydrogen) atoms. The molecule has 0 saturated carbocycles. The molecule has 1 aromatic carbocycles. The lowest BCUT2D eigenvalue weighted by Gasteiger charge is -2.04. The number of carbonyl (C=O) groups is 1. The summed E-state index contributed by atoms with van der Waals surface area (Å²) >= 11 is 5.96. The van der Waals surface area contributed by atoms with Crippen LogP contribution < -0.4 is 0 Å². The van der Waals surface area contributed by atoms with Gasteiger partial charge in [0.25, 0.3) is 0 Å². The molecule has 2 aromatic rings. The zero-order valence-corrected chi connectivity index (χ0v) is 14.2. The van der Waals surface area contributed by atoms with E-state index in [1.807, 2.05) is 36.4 Å². The Morgan fingerprint density at radius 3 is 2.74 bits per heavy atom. The maximum atomic E-state index is 12.2. The average molecular weight is 332 g/mol. The van der Waals surface area contributed by atoms with Gasteiger partial charge in [-0.1, -0.05) is 23.7 Å². The van der Waals surface area contributed by atoms with E-state index in [4.69, 9.17) is 16.3 Å². The number of hydrogen-bond acceptors (Lipinski definition) is 3. The second-order valence-electron chi connectivity index (χ2n) is 5.54. The van der Waals surface area contributed by atoms with Gasteiger partial charge in [0, 0.05) is 42.6 Å². The van der Waals surface area contributed by atoms with Crippen LogP contribution in [0.25, 0.3) is 0 Å².